The fraction of sp³-hybridized carbons (Fsp3) is 0.611. The van der Waals surface area contributed by atoms with Crippen LogP contribution in [0.25, 0.3) is 0 Å². The van der Waals surface area contributed by atoms with Crippen molar-refractivity contribution in [1.29, 1.82) is 0 Å². The van der Waals surface area contributed by atoms with E-state index in [-0.39, 0.29) is 6.09 Å². The summed E-state index contributed by atoms with van der Waals surface area (Å²) in [5.41, 5.74) is 9.02. The van der Waals surface area contributed by atoms with Crippen LogP contribution < -0.4 is 10.6 Å². The molecule has 1 amide bonds. The molecule has 0 bridgehead atoms. The Morgan fingerprint density at radius 3 is 2.61 bits per heavy atom. The topological polar surface area (TPSA) is 58.8 Å². The summed E-state index contributed by atoms with van der Waals surface area (Å²) in [6, 6.07) is 6.40. The van der Waals surface area contributed by atoms with E-state index < -0.39 is 5.60 Å². The number of benzene rings is 1. The highest BCUT2D eigenvalue weighted by Gasteiger charge is 2.25. The minimum atomic E-state index is -0.452. The highest BCUT2D eigenvalue weighted by molar-refractivity contribution is 5.68. The number of hydrogen-bond acceptors (Lipinski definition) is 4. The molecular weight excluding hydrogens is 290 g/mol. The van der Waals surface area contributed by atoms with Crippen LogP contribution in [0.3, 0.4) is 0 Å². The van der Waals surface area contributed by atoms with Crippen LogP contribution in [0.15, 0.2) is 18.2 Å². The van der Waals surface area contributed by atoms with Gasteiger partial charge in [0.2, 0.25) is 0 Å². The predicted molar refractivity (Wildman–Crippen MR) is 93.7 cm³/mol. The van der Waals surface area contributed by atoms with Gasteiger partial charge in [-0.3, -0.25) is 0 Å². The number of carbonyl (C=O) groups excluding carboxylic acids is 1. The molecule has 0 unspecified atom stereocenters. The summed E-state index contributed by atoms with van der Waals surface area (Å²) < 4.78 is 5.48. The first-order valence-corrected chi connectivity index (χ1v) is 8.32. The summed E-state index contributed by atoms with van der Waals surface area (Å²) in [5, 5.41) is 0. The second-order valence-corrected chi connectivity index (χ2v) is 7.14. The van der Waals surface area contributed by atoms with Gasteiger partial charge in [0, 0.05) is 38.4 Å². The van der Waals surface area contributed by atoms with E-state index in [0.29, 0.717) is 13.1 Å². The fourth-order valence-electron chi connectivity index (χ4n) is 2.85. The lowest BCUT2D eigenvalue weighted by Crippen LogP contribution is -2.39. The van der Waals surface area contributed by atoms with Crippen molar-refractivity contribution in [2.45, 2.75) is 46.3 Å². The van der Waals surface area contributed by atoms with E-state index in [2.05, 4.69) is 30.0 Å². The number of amides is 1. The number of carbonyl (C=O) groups is 1. The lowest BCUT2D eigenvalue weighted by Gasteiger charge is -2.27. The molecule has 23 heavy (non-hydrogen) atoms. The lowest BCUT2D eigenvalue weighted by atomic mass is 10.1. The Morgan fingerprint density at radius 1 is 1.22 bits per heavy atom. The quantitative estimate of drug-likeness (QED) is 0.910. The van der Waals surface area contributed by atoms with Crippen molar-refractivity contribution < 1.29 is 9.53 Å². The van der Waals surface area contributed by atoms with Crippen molar-refractivity contribution in [2.24, 2.45) is 5.73 Å². The van der Waals surface area contributed by atoms with E-state index in [1.165, 1.54) is 11.3 Å². The Labute approximate surface area is 139 Å². The molecule has 0 aliphatic carbocycles. The number of hydrogen-bond donors (Lipinski definition) is 1. The third-order valence-corrected chi connectivity index (χ3v) is 3.94. The van der Waals surface area contributed by atoms with Crippen LogP contribution in [0.2, 0.25) is 0 Å². The van der Waals surface area contributed by atoms with Gasteiger partial charge in [-0.1, -0.05) is 17.7 Å². The van der Waals surface area contributed by atoms with Gasteiger partial charge in [0.05, 0.1) is 0 Å². The molecule has 0 spiro atoms. The minimum Gasteiger partial charge on any atom is -0.444 e. The third kappa shape index (κ3) is 4.86. The molecule has 5 nitrogen and oxygen atoms in total. The number of nitrogens with two attached hydrogens (primary N) is 1. The van der Waals surface area contributed by atoms with E-state index >= 15 is 0 Å². The molecule has 0 radical (unpaired) electrons. The molecule has 2 N–H and O–H groups in total. The second kappa shape index (κ2) is 7.21. The molecule has 128 valence electrons. The zero-order chi connectivity index (χ0) is 17.0. The fourth-order valence-corrected chi connectivity index (χ4v) is 2.85. The highest BCUT2D eigenvalue weighted by Crippen LogP contribution is 2.23. The minimum absolute atomic E-state index is 0.220. The maximum Gasteiger partial charge on any atom is 0.410 e. The molecule has 2 rings (SSSR count). The van der Waals surface area contributed by atoms with Gasteiger partial charge in [-0.2, -0.15) is 0 Å². The first-order chi connectivity index (χ1) is 10.8. The van der Waals surface area contributed by atoms with Crippen molar-refractivity contribution in [3.05, 3.63) is 29.3 Å². The molecule has 1 aliphatic rings. The van der Waals surface area contributed by atoms with Gasteiger partial charge in [-0.15, -0.1) is 0 Å². The molecule has 1 aromatic carbocycles. The average Bonchev–Trinajstić information content (AvgIpc) is 2.71. The molecule has 0 atom stereocenters. The average molecular weight is 319 g/mol. The van der Waals surface area contributed by atoms with E-state index in [1.807, 2.05) is 25.7 Å². The highest BCUT2D eigenvalue weighted by atomic mass is 16.6. The van der Waals surface area contributed by atoms with Crippen LogP contribution >= 0.6 is 0 Å². The summed E-state index contributed by atoms with van der Waals surface area (Å²) in [7, 11) is 0. The summed E-state index contributed by atoms with van der Waals surface area (Å²) in [5.74, 6) is 0. The molecular formula is C18H29N3O2. The Bertz CT molecular complexity index is 552. The Kier molecular flexibility index (Phi) is 5.52. The van der Waals surface area contributed by atoms with Crippen molar-refractivity contribution >= 4 is 11.8 Å². The summed E-state index contributed by atoms with van der Waals surface area (Å²) >= 11 is 0. The molecule has 1 fully saturated rings. The van der Waals surface area contributed by atoms with Crippen molar-refractivity contribution in [3.8, 4) is 0 Å². The first kappa shape index (κ1) is 17.6. The van der Waals surface area contributed by atoms with Gasteiger partial charge in [0.15, 0.2) is 0 Å². The Morgan fingerprint density at radius 2 is 1.96 bits per heavy atom. The van der Waals surface area contributed by atoms with Crippen molar-refractivity contribution in [3.63, 3.8) is 0 Å². The molecule has 1 aliphatic heterocycles. The standard InChI is InChI=1S/C18H29N3O2/c1-14-6-7-16(15(12-14)13-19)20-8-5-9-21(11-10-20)17(22)23-18(2,3)4/h6-7,12H,5,8-11,13,19H2,1-4H3. The number of ether oxygens (including phenoxy) is 1. The van der Waals surface area contributed by atoms with E-state index in [9.17, 15) is 4.79 Å². The van der Waals surface area contributed by atoms with Crippen molar-refractivity contribution in [1.82, 2.24) is 4.90 Å². The van der Waals surface area contributed by atoms with Crippen LogP contribution in [0.1, 0.15) is 38.3 Å². The molecule has 0 aromatic heterocycles. The number of rotatable bonds is 2. The van der Waals surface area contributed by atoms with Gasteiger partial charge in [0.25, 0.3) is 0 Å². The van der Waals surface area contributed by atoms with Crippen molar-refractivity contribution in [2.75, 3.05) is 31.1 Å². The first-order valence-electron chi connectivity index (χ1n) is 8.32. The van der Waals surface area contributed by atoms with Crippen LogP contribution in [-0.4, -0.2) is 42.8 Å². The van der Waals surface area contributed by atoms with Crippen LogP contribution in [0, 0.1) is 6.92 Å². The molecule has 1 saturated heterocycles. The van der Waals surface area contributed by atoms with Gasteiger partial charge < -0.3 is 20.3 Å². The molecule has 5 heteroatoms. The van der Waals surface area contributed by atoms with E-state index in [1.54, 1.807) is 0 Å². The van der Waals surface area contributed by atoms with E-state index in [4.69, 9.17) is 10.5 Å². The molecule has 1 heterocycles. The number of anilines is 1. The largest absolute Gasteiger partial charge is 0.444 e. The monoisotopic (exact) mass is 319 g/mol. The van der Waals surface area contributed by atoms with Gasteiger partial charge >= 0.3 is 6.09 Å². The van der Waals surface area contributed by atoms with Gasteiger partial charge in [-0.05, 0) is 45.7 Å². The van der Waals surface area contributed by atoms with Gasteiger partial charge in [-0.25, -0.2) is 4.79 Å². The lowest BCUT2D eigenvalue weighted by molar-refractivity contribution is 0.0263. The predicted octanol–water partition coefficient (Wildman–Crippen LogP) is 2.90. The summed E-state index contributed by atoms with van der Waals surface area (Å²) in [4.78, 5) is 16.4. The van der Waals surface area contributed by atoms with Crippen LogP contribution in [0.4, 0.5) is 10.5 Å². The van der Waals surface area contributed by atoms with Crippen LogP contribution in [0.5, 0.6) is 0 Å². The Hall–Kier alpha value is -1.75. The second-order valence-electron chi connectivity index (χ2n) is 7.14. The zero-order valence-corrected chi connectivity index (χ0v) is 14.8. The summed E-state index contributed by atoms with van der Waals surface area (Å²) in [6.07, 6.45) is 0.708. The smallest absolute Gasteiger partial charge is 0.410 e. The third-order valence-electron chi connectivity index (χ3n) is 3.94. The zero-order valence-electron chi connectivity index (χ0n) is 14.8. The SMILES string of the molecule is Cc1ccc(N2CCCN(C(=O)OC(C)(C)C)CC2)c(CN)c1. The Balaban J connectivity index is 2.05. The molecule has 0 saturated carbocycles. The van der Waals surface area contributed by atoms with E-state index in [0.717, 1.165) is 31.6 Å². The maximum absolute atomic E-state index is 12.2. The molecule has 1 aromatic rings. The summed E-state index contributed by atoms with van der Waals surface area (Å²) in [6.45, 7) is 11.4. The normalized spacial score (nSPS) is 16.2. The number of nitrogens with zero attached hydrogens (tertiary/aromatic N) is 2. The van der Waals surface area contributed by atoms with Gasteiger partial charge in [0.1, 0.15) is 5.60 Å². The number of aryl methyl sites for hydroxylation is 1. The van der Waals surface area contributed by atoms with Crippen LogP contribution in [-0.2, 0) is 11.3 Å². The maximum atomic E-state index is 12.2.